The molecule has 2 heterocycles. The van der Waals surface area contributed by atoms with Gasteiger partial charge < -0.3 is 25.9 Å². The van der Waals surface area contributed by atoms with Crippen molar-refractivity contribution < 1.29 is 50.0 Å². The predicted molar refractivity (Wildman–Crippen MR) is 188 cm³/mol. The lowest BCUT2D eigenvalue weighted by molar-refractivity contribution is -0.896. The Bertz CT molecular complexity index is 1790. The van der Waals surface area contributed by atoms with Crippen molar-refractivity contribution in [2.75, 3.05) is 67.5 Å². The molecule has 12 heteroatoms. The van der Waals surface area contributed by atoms with E-state index in [0.717, 1.165) is 67.2 Å². The first-order valence-electron chi connectivity index (χ1n) is 17.2. The molecule has 3 aromatic carbocycles. The van der Waals surface area contributed by atoms with Crippen LogP contribution in [0.5, 0.6) is 0 Å². The molecule has 4 amide bonds. The van der Waals surface area contributed by atoms with Crippen LogP contribution in [0.3, 0.4) is 0 Å². The van der Waals surface area contributed by atoms with E-state index in [2.05, 4.69) is 28.2 Å². The Kier molecular flexibility index (Phi) is 11.7. The van der Waals surface area contributed by atoms with Crippen molar-refractivity contribution >= 4 is 40.1 Å². The lowest BCUT2D eigenvalue weighted by atomic mass is 9.87. The van der Waals surface area contributed by atoms with Crippen molar-refractivity contribution in [2.24, 2.45) is 5.41 Å². The van der Waals surface area contributed by atoms with Gasteiger partial charge in [-0.1, -0.05) is 38.1 Å². The van der Waals surface area contributed by atoms with Gasteiger partial charge in [-0.05, 0) is 55.3 Å². The van der Waals surface area contributed by atoms with Crippen molar-refractivity contribution in [3.8, 4) is 0 Å². The van der Waals surface area contributed by atoms with Crippen LogP contribution in [0.4, 0.5) is 5.69 Å². The molecule has 5 rings (SSSR count). The minimum Gasteiger partial charge on any atom is -1.00 e. The number of hydrogen-bond donors (Lipinski definition) is 0. The van der Waals surface area contributed by atoms with Crippen molar-refractivity contribution in [3.63, 3.8) is 0 Å². The third-order valence-corrected chi connectivity index (χ3v) is 9.90. The number of carbonyl (C=O) groups excluding carboxylic acids is 4. The van der Waals surface area contributed by atoms with Gasteiger partial charge in [0.25, 0.3) is 29.3 Å². The molecule has 0 spiro atoms. The molecule has 0 radical (unpaired) electrons. The number of nitrogens with zero attached hydrogens (tertiary/aromatic N) is 5. The van der Waals surface area contributed by atoms with Crippen LogP contribution in [-0.2, 0) is 0 Å². The molecule has 50 heavy (non-hydrogen) atoms. The summed E-state index contributed by atoms with van der Waals surface area (Å²) in [6.45, 7) is 8.22. The topological polar surface area (TPSA) is 118 Å². The number of fused-ring (bicyclic) bond motifs is 1. The number of hydrogen-bond acceptors (Lipinski definition) is 6. The van der Waals surface area contributed by atoms with Gasteiger partial charge in [0.2, 0.25) is 0 Å². The van der Waals surface area contributed by atoms with Crippen LogP contribution in [0.2, 0.25) is 0 Å². The van der Waals surface area contributed by atoms with Gasteiger partial charge in [-0.3, -0.25) is 39.1 Å². The van der Waals surface area contributed by atoms with E-state index in [1.54, 1.807) is 48.5 Å². The maximum atomic E-state index is 13.7. The average molecular weight is 752 g/mol. The standard InChI is InChI=1S/C38H49N5O6.BrH/c1-38(2,25-40-36(46)30-18-13-15-27-19-20-31(41(48)49)33(32(27)30)37(40)47)26-43(5,6)23-12-8-7-11-22-42(3,4)24-14-21-39-34(44)28-16-9-10-17-29(28)35(39)45;/h9-10,13,15-20H,7-8,11-12,14,21-26H2,1-6H3;1H/q+2;/p-1. The highest BCUT2D eigenvalue weighted by molar-refractivity contribution is 6.27. The molecule has 0 unspecified atom stereocenters. The van der Waals surface area contributed by atoms with Crippen molar-refractivity contribution in [1.82, 2.24) is 9.80 Å². The smallest absolute Gasteiger partial charge is 0.282 e. The number of imide groups is 2. The number of rotatable bonds is 16. The molecule has 0 saturated carbocycles. The fourth-order valence-electron chi connectivity index (χ4n) is 7.79. The number of nitro groups is 1. The second-order valence-corrected chi connectivity index (χ2v) is 15.8. The van der Waals surface area contributed by atoms with Crippen molar-refractivity contribution in [2.45, 2.75) is 46.0 Å². The van der Waals surface area contributed by atoms with E-state index < -0.39 is 22.2 Å². The molecule has 0 aliphatic carbocycles. The van der Waals surface area contributed by atoms with Gasteiger partial charge in [0.05, 0.1) is 70.4 Å². The number of amides is 4. The summed E-state index contributed by atoms with van der Waals surface area (Å²) in [6.07, 6.45) is 5.07. The van der Waals surface area contributed by atoms with E-state index in [1.165, 1.54) is 15.9 Å². The number of unbranched alkanes of at least 4 members (excludes halogenated alkanes) is 3. The summed E-state index contributed by atoms with van der Waals surface area (Å²) < 4.78 is 1.55. The molecule has 0 atom stereocenters. The lowest BCUT2D eigenvalue weighted by Crippen LogP contribution is -3.00. The molecular formula is C38H49BrN5O6+. The summed E-state index contributed by atoms with van der Waals surface area (Å²) in [7, 11) is 8.71. The van der Waals surface area contributed by atoms with E-state index in [0.29, 0.717) is 34.0 Å². The Labute approximate surface area is 304 Å². The summed E-state index contributed by atoms with van der Waals surface area (Å²) in [5, 5.41) is 12.8. The summed E-state index contributed by atoms with van der Waals surface area (Å²) in [4.78, 5) is 66.4. The number of nitro benzene ring substituents is 1. The number of carbonyl (C=O) groups is 4. The second kappa shape index (κ2) is 15.1. The van der Waals surface area contributed by atoms with Crippen LogP contribution in [0.15, 0.2) is 54.6 Å². The Morgan fingerprint density at radius 2 is 1.20 bits per heavy atom. The van der Waals surface area contributed by atoms with E-state index in [4.69, 9.17) is 0 Å². The summed E-state index contributed by atoms with van der Waals surface area (Å²) in [5.41, 5.74) is 0.600. The highest BCUT2D eigenvalue weighted by Crippen LogP contribution is 2.37. The van der Waals surface area contributed by atoms with Crippen LogP contribution in [-0.4, -0.2) is 115 Å². The van der Waals surface area contributed by atoms with Gasteiger partial charge in [-0.15, -0.1) is 0 Å². The number of halogens is 1. The third kappa shape index (κ3) is 8.30. The molecule has 0 aromatic heterocycles. The van der Waals surface area contributed by atoms with E-state index in [9.17, 15) is 29.3 Å². The molecule has 268 valence electrons. The quantitative estimate of drug-likeness (QED) is 0.0731. The first-order valence-corrected chi connectivity index (χ1v) is 17.2. The van der Waals surface area contributed by atoms with E-state index in [1.807, 2.05) is 13.8 Å². The minimum absolute atomic E-state index is 0. The first kappa shape index (κ1) is 38.8. The SMILES string of the molecule is CC(C)(CN1C(=O)c2cccc3ccc([N+](=O)[O-])c(c23)C1=O)C[N+](C)(C)CCCCCC[N+](C)(C)CCCN1C(=O)c2ccccc2C1=O.[Br-]. The highest BCUT2D eigenvalue weighted by Gasteiger charge is 2.42. The molecule has 0 bridgehead atoms. The average Bonchev–Trinajstić information content (AvgIpc) is 3.27. The van der Waals surface area contributed by atoms with Crippen molar-refractivity contribution in [3.05, 3.63) is 87.0 Å². The maximum Gasteiger partial charge on any atom is 0.282 e. The largest absolute Gasteiger partial charge is 1.00 e. The van der Waals surface area contributed by atoms with Crippen molar-refractivity contribution in [1.29, 1.82) is 0 Å². The third-order valence-electron chi connectivity index (χ3n) is 9.90. The Balaban J connectivity index is 0.00000562. The molecule has 0 fully saturated rings. The van der Waals surface area contributed by atoms with Gasteiger partial charge >= 0.3 is 0 Å². The zero-order valence-electron chi connectivity index (χ0n) is 30.0. The normalized spacial score (nSPS) is 14.8. The molecule has 11 nitrogen and oxygen atoms in total. The zero-order chi connectivity index (χ0) is 35.7. The monoisotopic (exact) mass is 750 g/mol. The molecule has 0 saturated heterocycles. The Morgan fingerprint density at radius 1 is 0.660 bits per heavy atom. The van der Waals surface area contributed by atoms with Gasteiger partial charge in [-0.25, -0.2) is 0 Å². The first-order chi connectivity index (χ1) is 23.0. The maximum absolute atomic E-state index is 13.7. The molecule has 2 aliphatic heterocycles. The van der Waals surface area contributed by atoms with Gasteiger partial charge in [0, 0.05) is 41.9 Å². The molecule has 3 aromatic rings. The Hall–Kier alpha value is -4.00. The molecular weight excluding hydrogens is 702 g/mol. The van der Waals surface area contributed by atoms with Crippen LogP contribution in [0, 0.1) is 15.5 Å². The fraction of sp³-hybridized carbons (Fsp3) is 0.474. The number of benzene rings is 3. The summed E-state index contributed by atoms with van der Waals surface area (Å²) in [5.74, 6) is -1.41. The van der Waals surface area contributed by atoms with Crippen LogP contribution in [0.25, 0.3) is 10.8 Å². The zero-order valence-corrected chi connectivity index (χ0v) is 31.6. The van der Waals surface area contributed by atoms with E-state index >= 15 is 0 Å². The van der Waals surface area contributed by atoms with Gasteiger partial charge in [0.15, 0.2) is 0 Å². The van der Waals surface area contributed by atoms with Gasteiger partial charge in [0.1, 0.15) is 5.56 Å². The molecule has 2 aliphatic rings. The Morgan fingerprint density at radius 3 is 1.80 bits per heavy atom. The minimum atomic E-state index is -0.607. The van der Waals surface area contributed by atoms with Gasteiger partial charge in [-0.2, -0.15) is 0 Å². The number of quaternary nitrogens is 2. The van der Waals surface area contributed by atoms with Crippen LogP contribution >= 0.6 is 0 Å². The predicted octanol–water partition coefficient (Wildman–Crippen LogP) is 2.77. The highest BCUT2D eigenvalue weighted by atomic mass is 79.9. The summed E-state index contributed by atoms with van der Waals surface area (Å²) in [6, 6.07) is 15.1. The summed E-state index contributed by atoms with van der Waals surface area (Å²) >= 11 is 0. The molecule has 0 N–H and O–H groups in total. The fourth-order valence-corrected chi connectivity index (χ4v) is 7.79. The second-order valence-electron chi connectivity index (χ2n) is 15.8. The van der Waals surface area contributed by atoms with E-state index in [-0.39, 0.29) is 46.6 Å². The van der Waals surface area contributed by atoms with Crippen LogP contribution in [0.1, 0.15) is 87.4 Å². The lowest BCUT2D eigenvalue weighted by Gasteiger charge is -2.40. The van der Waals surface area contributed by atoms with Crippen LogP contribution < -0.4 is 17.0 Å².